The second-order valence-electron chi connectivity index (χ2n) is 6.86. The first-order chi connectivity index (χ1) is 12.8. The van der Waals surface area contributed by atoms with Crippen molar-refractivity contribution in [2.24, 2.45) is 5.92 Å². The van der Waals surface area contributed by atoms with E-state index in [2.05, 4.69) is 26.7 Å². The van der Waals surface area contributed by atoms with E-state index >= 15 is 0 Å². The quantitative estimate of drug-likeness (QED) is 0.417. The number of carbonyl (C=O) groups is 1. The number of carboxylic acids is 1. The van der Waals surface area contributed by atoms with E-state index < -0.39 is 16.0 Å². The lowest BCUT2D eigenvalue weighted by Gasteiger charge is -2.27. The van der Waals surface area contributed by atoms with Gasteiger partial charge in [-0.05, 0) is 61.8 Å². The molecule has 0 aliphatic heterocycles. The summed E-state index contributed by atoms with van der Waals surface area (Å²) in [7, 11) is -3.49. The number of halogens is 1. The molecule has 7 heteroatoms. The molecule has 0 saturated heterocycles. The maximum absolute atomic E-state index is 12.3. The van der Waals surface area contributed by atoms with Crippen LogP contribution in [0.2, 0.25) is 0 Å². The molecule has 0 aromatic heterocycles. The number of benzene rings is 1. The first kappa shape index (κ1) is 21.9. The van der Waals surface area contributed by atoms with Crippen LogP contribution in [-0.4, -0.2) is 25.5 Å². The number of unbranched alkanes of at least 4 members (excludes halogenated alkanes) is 1. The molecule has 0 spiro atoms. The summed E-state index contributed by atoms with van der Waals surface area (Å²) in [5.41, 5.74) is 0.820. The molecule has 5 nitrogen and oxygen atoms in total. The van der Waals surface area contributed by atoms with Crippen LogP contribution in [0.25, 0.3) is 6.08 Å². The van der Waals surface area contributed by atoms with E-state index in [9.17, 15) is 13.2 Å². The molecule has 2 rings (SSSR count). The normalized spacial score (nSPS) is 21.1. The van der Waals surface area contributed by atoms with E-state index in [4.69, 9.17) is 5.11 Å². The highest BCUT2D eigenvalue weighted by molar-refractivity contribution is 9.10. The van der Waals surface area contributed by atoms with E-state index in [-0.39, 0.29) is 12.5 Å². The van der Waals surface area contributed by atoms with Crippen molar-refractivity contribution < 1.29 is 18.3 Å². The largest absolute Gasteiger partial charge is 0.481 e. The Labute approximate surface area is 169 Å². The second-order valence-corrected chi connectivity index (χ2v) is 9.37. The summed E-state index contributed by atoms with van der Waals surface area (Å²) < 4.78 is 28.4. The number of hydrogen-bond acceptors (Lipinski definition) is 3. The van der Waals surface area contributed by atoms with Crippen molar-refractivity contribution in [3.05, 3.63) is 51.9 Å². The van der Waals surface area contributed by atoms with Gasteiger partial charge in [0.25, 0.3) is 0 Å². The zero-order valence-corrected chi connectivity index (χ0v) is 17.6. The van der Waals surface area contributed by atoms with Crippen LogP contribution in [0, 0.1) is 5.92 Å². The van der Waals surface area contributed by atoms with Gasteiger partial charge in [0.1, 0.15) is 0 Å². The summed E-state index contributed by atoms with van der Waals surface area (Å²) in [4.78, 5) is 10.5. The highest BCUT2D eigenvalue weighted by atomic mass is 79.9. The fourth-order valence-electron chi connectivity index (χ4n) is 3.22. The average Bonchev–Trinajstić information content (AvgIpc) is 2.60. The van der Waals surface area contributed by atoms with Crippen LogP contribution in [0.3, 0.4) is 0 Å². The first-order valence-electron chi connectivity index (χ1n) is 9.18. The molecule has 0 radical (unpaired) electrons. The van der Waals surface area contributed by atoms with Crippen molar-refractivity contribution >= 4 is 38.0 Å². The Balaban J connectivity index is 1.84. The summed E-state index contributed by atoms with van der Waals surface area (Å²) in [6.07, 6.45) is 10.9. The number of hydrogen-bond donors (Lipinski definition) is 2. The third kappa shape index (κ3) is 8.86. The number of carboxylic acid groups (broad SMARTS) is 1. The third-order valence-electron chi connectivity index (χ3n) is 4.50. The number of rotatable bonds is 9. The van der Waals surface area contributed by atoms with Gasteiger partial charge < -0.3 is 5.11 Å². The van der Waals surface area contributed by atoms with Crippen LogP contribution >= 0.6 is 15.9 Å². The Morgan fingerprint density at radius 3 is 2.89 bits per heavy atom. The molecule has 1 aromatic rings. The minimum absolute atomic E-state index is 0.0652. The predicted octanol–water partition coefficient (Wildman–Crippen LogP) is 4.71. The topological polar surface area (TPSA) is 83.5 Å². The van der Waals surface area contributed by atoms with Gasteiger partial charge in [-0.15, -0.1) is 0 Å². The Morgan fingerprint density at radius 2 is 2.15 bits per heavy atom. The fraction of sp³-hybridized carbons (Fsp3) is 0.450. The minimum Gasteiger partial charge on any atom is -0.481 e. The summed E-state index contributed by atoms with van der Waals surface area (Å²) in [5, 5.41) is 9.86. The van der Waals surface area contributed by atoms with Crippen molar-refractivity contribution in [3.8, 4) is 0 Å². The maximum atomic E-state index is 12.3. The molecule has 2 atom stereocenters. The first-order valence-corrected chi connectivity index (χ1v) is 11.5. The van der Waals surface area contributed by atoms with Gasteiger partial charge in [0.2, 0.25) is 10.0 Å². The molecule has 0 amide bonds. The van der Waals surface area contributed by atoms with Gasteiger partial charge in [-0.25, -0.2) is 13.1 Å². The van der Waals surface area contributed by atoms with Crippen LogP contribution in [0.1, 0.15) is 50.5 Å². The number of aliphatic carboxylic acids is 1. The van der Waals surface area contributed by atoms with E-state index in [1.807, 2.05) is 30.3 Å². The Hall–Kier alpha value is -1.44. The number of allylic oxidation sites excluding steroid dienone is 2. The lowest BCUT2D eigenvalue weighted by Crippen LogP contribution is -2.37. The highest BCUT2D eigenvalue weighted by Gasteiger charge is 2.23. The maximum Gasteiger partial charge on any atom is 0.303 e. The van der Waals surface area contributed by atoms with Crippen molar-refractivity contribution in [2.75, 3.05) is 0 Å². The van der Waals surface area contributed by atoms with Crippen LogP contribution in [0.5, 0.6) is 0 Å². The Morgan fingerprint density at radius 1 is 1.33 bits per heavy atom. The van der Waals surface area contributed by atoms with Gasteiger partial charge in [-0.2, -0.15) is 0 Å². The Bertz CT molecular complexity index is 789. The lowest BCUT2D eigenvalue weighted by atomic mass is 9.86. The van der Waals surface area contributed by atoms with Gasteiger partial charge in [-0.1, -0.05) is 46.6 Å². The van der Waals surface area contributed by atoms with E-state index in [1.165, 1.54) is 5.41 Å². The van der Waals surface area contributed by atoms with Gasteiger partial charge in [-0.3, -0.25) is 4.79 Å². The molecule has 0 bridgehead atoms. The molecule has 1 aromatic carbocycles. The molecule has 27 heavy (non-hydrogen) atoms. The molecule has 1 fully saturated rings. The highest BCUT2D eigenvalue weighted by Crippen LogP contribution is 2.26. The monoisotopic (exact) mass is 455 g/mol. The zero-order valence-electron chi connectivity index (χ0n) is 15.2. The predicted molar refractivity (Wildman–Crippen MR) is 112 cm³/mol. The fourth-order valence-corrected chi connectivity index (χ4v) is 4.73. The number of sulfonamides is 1. The van der Waals surface area contributed by atoms with Crippen molar-refractivity contribution in [1.82, 2.24) is 4.72 Å². The van der Waals surface area contributed by atoms with Crippen molar-refractivity contribution in [1.29, 1.82) is 0 Å². The third-order valence-corrected chi connectivity index (χ3v) is 6.15. The summed E-state index contributed by atoms with van der Waals surface area (Å²) in [5.74, 6) is -0.434. The molecule has 1 aliphatic rings. The SMILES string of the molecule is O=C(O)CCCC=CC1CCCC(NS(=O)(=O)C=Cc2cccc(Br)c2)C1. The van der Waals surface area contributed by atoms with Gasteiger partial charge in [0, 0.05) is 22.3 Å². The van der Waals surface area contributed by atoms with E-state index in [1.54, 1.807) is 6.08 Å². The molecular formula is C20H26BrNO4S. The van der Waals surface area contributed by atoms with Crippen LogP contribution in [0.4, 0.5) is 0 Å². The molecule has 2 N–H and O–H groups in total. The summed E-state index contributed by atoms with van der Waals surface area (Å²) >= 11 is 3.37. The summed E-state index contributed by atoms with van der Waals surface area (Å²) in [6, 6.07) is 7.39. The lowest BCUT2D eigenvalue weighted by molar-refractivity contribution is -0.137. The molecule has 1 aliphatic carbocycles. The van der Waals surface area contributed by atoms with E-state index in [0.717, 1.165) is 42.1 Å². The molecular weight excluding hydrogens is 430 g/mol. The minimum atomic E-state index is -3.49. The van der Waals surface area contributed by atoms with Crippen LogP contribution in [0.15, 0.2) is 46.3 Å². The van der Waals surface area contributed by atoms with E-state index in [0.29, 0.717) is 12.3 Å². The number of nitrogens with one attached hydrogen (secondary N) is 1. The molecule has 2 unspecified atom stereocenters. The van der Waals surface area contributed by atoms with Crippen molar-refractivity contribution in [2.45, 2.75) is 51.0 Å². The molecule has 1 saturated carbocycles. The smallest absolute Gasteiger partial charge is 0.303 e. The van der Waals surface area contributed by atoms with Crippen molar-refractivity contribution in [3.63, 3.8) is 0 Å². The summed E-state index contributed by atoms with van der Waals surface area (Å²) in [6.45, 7) is 0. The van der Waals surface area contributed by atoms with Crippen LogP contribution in [-0.2, 0) is 14.8 Å². The molecule has 148 valence electrons. The molecule has 0 heterocycles. The standard InChI is InChI=1S/C20H26BrNO4S/c21-18-9-4-7-17(14-18)12-13-27(25,26)22-19-10-5-8-16(15-19)6-2-1-3-11-20(23)24/h2,4,6-7,9,12-14,16,19,22H,1,3,5,8,10-11,15H2,(H,23,24). The van der Waals surface area contributed by atoms with Gasteiger partial charge >= 0.3 is 5.97 Å². The second kappa shape index (κ2) is 10.8. The average molecular weight is 456 g/mol. The van der Waals surface area contributed by atoms with Crippen LogP contribution < -0.4 is 4.72 Å². The van der Waals surface area contributed by atoms with Gasteiger partial charge in [0.15, 0.2) is 0 Å². The van der Waals surface area contributed by atoms with Gasteiger partial charge in [0.05, 0.1) is 0 Å². The Kier molecular flexibility index (Phi) is 8.73. The zero-order chi connectivity index (χ0) is 19.7.